The first kappa shape index (κ1) is 19.3. The van der Waals surface area contributed by atoms with Gasteiger partial charge in [0.25, 0.3) is 5.91 Å². The summed E-state index contributed by atoms with van der Waals surface area (Å²) in [5.74, 6) is 1.40. The molecule has 2 amide bonds. The Morgan fingerprint density at radius 3 is 2.83 bits per heavy atom. The van der Waals surface area contributed by atoms with E-state index in [1.165, 1.54) is 6.92 Å². The van der Waals surface area contributed by atoms with Crippen molar-refractivity contribution in [2.45, 2.75) is 26.2 Å². The average Bonchev–Trinajstić information content (AvgIpc) is 3.40. The molecule has 1 fully saturated rings. The maximum atomic E-state index is 12.9. The van der Waals surface area contributed by atoms with E-state index in [4.69, 9.17) is 4.52 Å². The Morgan fingerprint density at radius 2 is 2.10 bits per heavy atom. The number of carbonyl (C=O) groups excluding carboxylic acids is 2. The first-order valence-corrected chi connectivity index (χ1v) is 10.5. The minimum absolute atomic E-state index is 0.00793. The van der Waals surface area contributed by atoms with Crippen LogP contribution in [0.5, 0.6) is 0 Å². The van der Waals surface area contributed by atoms with Crippen molar-refractivity contribution in [1.82, 2.24) is 15.0 Å². The smallest absolute Gasteiger partial charge is 0.253 e. The number of hydrogen-bond donors (Lipinski definition) is 1. The third kappa shape index (κ3) is 4.71. The van der Waals surface area contributed by atoms with E-state index < -0.39 is 0 Å². The Kier molecular flexibility index (Phi) is 5.71. The Labute approximate surface area is 172 Å². The van der Waals surface area contributed by atoms with E-state index >= 15 is 0 Å². The zero-order valence-electron chi connectivity index (χ0n) is 16.1. The van der Waals surface area contributed by atoms with Crippen LogP contribution in [0.25, 0.3) is 11.4 Å². The van der Waals surface area contributed by atoms with E-state index in [0.717, 1.165) is 24.9 Å². The predicted octanol–water partition coefficient (Wildman–Crippen LogP) is 3.85. The number of anilines is 1. The van der Waals surface area contributed by atoms with Crippen LogP contribution in [0, 0.1) is 5.92 Å². The molecule has 7 nitrogen and oxygen atoms in total. The van der Waals surface area contributed by atoms with Gasteiger partial charge < -0.3 is 14.7 Å². The molecule has 3 heterocycles. The van der Waals surface area contributed by atoms with Crippen molar-refractivity contribution in [3.63, 3.8) is 0 Å². The number of benzene rings is 1. The monoisotopic (exact) mass is 410 g/mol. The van der Waals surface area contributed by atoms with Gasteiger partial charge in [-0.15, -0.1) is 0 Å². The summed E-state index contributed by atoms with van der Waals surface area (Å²) in [5, 5.41) is 10.8. The highest BCUT2D eigenvalue weighted by atomic mass is 32.1. The maximum Gasteiger partial charge on any atom is 0.253 e. The summed E-state index contributed by atoms with van der Waals surface area (Å²) in [4.78, 5) is 30.4. The molecule has 0 bridgehead atoms. The van der Waals surface area contributed by atoms with Gasteiger partial charge in [-0.3, -0.25) is 9.59 Å². The van der Waals surface area contributed by atoms with Gasteiger partial charge in [-0.05, 0) is 54.5 Å². The lowest BCUT2D eigenvalue weighted by atomic mass is 9.94. The van der Waals surface area contributed by atoms with Gasteiger partial charge in [-0.25, -0.2) is 0 Å². The van der Waals surface area contributed by atoms with Crippen molar-refractivity contribution in [1.29, 1.82) is 0 Å². The van der Waals surface area contributed by atoms with Crippen LogP contribution in [0.3, 0.4) is 0 Å². The highest BCUT2D eigenvalue weighted by molar-refractivity contribution is 7.08. The number of carbonyl (C=O) groups is 2. The SMILES string of the molecule is CC(=O)Nc1ccc(C(=O)N2CCCC(Cc3nc(-c4ccsc4)no3)C2)cc1. The number of aromatic nitrogens is 2. The second kappa shape index (κ2) is 8.57. The number of nitrogens with one attached hydrogen (secondary N) is 1. The lowest BCUT2D eigenvalue weighted by Gasteiger charge is -2.32. The summed E-state index contributed by atoms with van der Waals surface area (Å²) in [7, 11) is 0. The van der Waals surface area contributed by atoms with Gasteiger partial charge in [-0.2, -0.15) is 16.3 Å². The molecule has 0 aliphatic carbocycles. The topological polar surface area (TPSA) is 88.3 Å². The third-order valence-electron chi connectivity index (χ3n) is 4.97. The number of thiophene rings is 1. The van der Waals surface area contributed by atoms with Crippen LogP contribution in [0.4, 0.5) is 5.69 Å². The number of likely N-dealkylation sites (tertiary alicyclic amines) is 1. The van der Waals surface area contributed by atoms with E-state index in [2.05, 4.69) is 15.5 Å². The number of rotatable bonds is 5. The largest absolute Gasteiger partial charge is 0.339 e. The number of amides is 2. The summed E-state index contributed by atoms with van der Waals surface area (Å²) in [6.07, 6.45) is 2.65. The van der Waals surface area contributed by atoms with Crippen molar-refractivity contribution in [3.8, 4) is 11.4 Å². The van der Waals surface area contributed by atoms with Crippen LogP contribution in [0.15, 0.2) is 45.6 Å². The highest BCUT2D eigenvalue weighted by Gasteiger charge is 2.26. The van der Waals surface area contributed by atoms with Crippen LogP contribution >= 0.6 is 11.3 Å². The standard InChI is InChI=1S/C21H22N4O3S/c1-14(26)22-18-6-4-16(5-7-18)21(27)25-9-2-3-15(12-25)11-19-23-20(24-28-19)17-8-10-29-13-17/h4-8,10,13,15H,2-3,9,11-12H2,1H3,(H,22,26). The lowest BCUT2D eigenvalue weighted by molar-refractivity contribution is -0.114. The molecule has 2 aromatic heterocycles. The van der Waals surface area contributed by atoms with Gasteiger partial charge in [0.1, 0.15) is 0 Å². The minimum atomic E-state index is -0.133. The van der Waals surface area contributed by atoms with Crippen molar-refractivity contribution in [2.75, 3.05) is 18.4 Å². The van der Waals surface area contributed by atoms with Gasteiger partial charge in [-0.1, -0.05) is 5.16 Å². The Morgan fingerprint density at radius 1 is 1.28 bits per heavy atom. The first-order valence-electron chi connectivity index (χ1n) is 9.60. The minimum Gasteiger partial charge on any atom is -0.339 e. The van der Waals surface area contributed by atoms with Crippen LogP contribution in [0.1, 0.15) is 36.0 Å². The highest BCUT2D eigenvalue weighted by Crippen LogP contribution is 2.24. The van der Waals surface area contributed by atoms with Gasteiger partial charge in [0.05, 0.1) is 0 Å². The van der Waals surface area contributed by atoms with E-state index in [1.54, 1.807) is 35.6 Å². The molecule has 29 heavy (non-hydrogen) atoms. The Balaban J connectivity index is 1.38. The van der Waals surface area contributed by atoms with E-state index in [1.807, 2.05) is 21.7 Å². The number of nitrogens with zero attached hydrogens (tertiary/aromatic N) is 3. The molecule has 1 atom stereocenters. The Hall–Kier alpha value is -3.00. The Bertz CT molecular complexity index is 982. The van der Waals surface area contributed by atoms with E-state index in [9.17, 15) is 9.59 Å². The zero-order chi connectivity index (χ0) is 20.2. The first-order chi connectivity index (χ1) is 14.1. The maximum absolute atomic E-state index is 12.9. The van der Waals surface area contributed by atoms with Crippen LogP contribution in [-0.2, 0) is 11.2 Å². The fourth-order valence-corrected chi connectivity index (χ4v) is 4.23. The third-order valence-corrected chi connectivity index (χ3v) is 5.65. The zero-order valence-corrected chi connectivity index (χ0v) is 16.9. The molecule has 1 aromatic carbocycles. The second-order valence-corrected chi connectivity index (χ2v) is 8.03. The molecule has 1 aliphatic heterocycles. The molecule has 1 unspecified atom stereocenters. The molecule has 1 saturated heterocycles. The summed E-state index contributed by atoms with van der Waals surface area (Å²) in [6.45, 7) is 2.87. The summed E-state index contributed by atoms with van der Waals surface area (Å²) < 4.78 is 5.42. The normalized spacial score (nSPS) is 16.6. The molecule has 1 aliphatic rings. The van der Waals surface area contributed by atoms with Crippen LogP contribution < -0.4 is 5.32 Å². The second-order valence-electron chi connectivity index (χ2n) is 7.25. The molecule has 8 heteroatoms. The molecular weight excluding hydrogens is 388 g/mol. The molecule has 0 saturated carbocycles. The summed E-state index contributed by atoms with van der Waals surface area (Å²) in [6, 6.07) is 8.98. The molecule has 0 radical (unpaired) electrons. The van der Waals surface area contributed by atoms with Crippen LogP contribution in [0.2, 0.25) is 0 Å². The fourth-order valence-electron chi connectivity index (χ4n) is 3.59. The molecular formula is C21H22N4O3S. The van der Waals surface area contributed by atoms with Crippen molar-refractivity contribution < 1.29 is 14.1 Å². The van der Waals surface area contributed by atoms with Gasteiger partial charge in [0.2, 0.25) is 17.6 Å². The lowest BCUT2D eigenvalue weighted by Crippen LogP contribution is -2.40. The van der Waals surface area contributed by atoms with Crippen LogP contribution in [-0.4, -0.2) is 39.9 Å². The molecule has 0 spiro atoms. The van der Waals surface area contributed by atoms with E-state index in [-0.39, 0.29) is 11.8 Å². The molecule has 1 N–H and O–H groups in total. The predicted molar refractivity (Wildman–Crippen MR) is 111 cm³/mol. The van der Waals surface area contributed by atoms with Crippen molar-refractivity contribution in [2.24, 2.45) is 5.92 Å². The average molecular weight is 410 g/mol. The molecule has 4 rings (SSSR count). The fraction of sp³-hybridized carbons (Fsp3) is 0.333. The van der Waals surface area contributed by atoms with Gasteiger partial charge in [0, 0.05) is 48.6 Å². The van der Waals surface area contributed by atoms with Crippen molar-refractivity contribution >= 4 is 28.8 Å². The number of piperidine rings is 1. The summed E-state index contributed by atoms with van der Waals surface area (Å²) in [5.41, 5.74) is 2.27. The van der Waals surface area contributed by atoms with Crippen molar-refractivity contribution in [3.05, 3.63) is 52.5 Å². The van der Waals surface area contributed by atoms with Gasteiger partial charge in [0.15, 0.2) is 0 Å². The quantitative estimate of drug-likeness (QED) is 0.690. The number of hydrogen-bond acceptors (Lipinski definition) is 6. The molecule has 3 aromatic rings. The van der Waals surface area contributed by atoms with E-state index in [0.29, 0.717) is 41.8 Å². The summed E-state index contributed by atoms with van der Waals surface area (Å²) >= 11 is 1.60. The van der Waals surface area contributed by atoms with Gasteiger partial charge >= 0.3 is 0 Å². The molecule has 150 valence electrons.